The van der Waals surface area contributed by atoms with Gasteiger partial charge in [0.15, 0.2) is 0 Å². The van der Waals surface area contributed by atoms with E-state index in [9.17, 15) is 10.1 Å². The molecule has 29 heavy (non-hydrogen) atoms. The normalized spacial score (nSPS) is 16.2. The van der Waals surface area contributed by atoms with Crippen LogP contribution in [0.15, 0.2) is 59.8 Å². The molecule has 4 rings (SSSR count). The van der Waals surface area contributed by atoms with Gasteiger partial charge in [0.05, 0.1) is 28.1 Å². The average molecular weight is 501 g/mol. The molecule has 0 spiro atoms. The lowest BCUT2D eigenvalue weighted by molar-refractivity contribution is -0.384. The van der Waals surface area contributed by atoms with Crippen molar-refractivity contribution in [3.63, 3.8) is 0 Å². The molecular formula is C21H20IN5O2. The Labute approximate surface area is 182 Å². The second-order valence-electron chi connectivity index (χ2n) is 6.92. The van der Waals surface area contributed by atoms with Crippen LogP contribution in [0.2, 0.25) is 0 Å². The smallest absolute Gasteiger partial charge is 0.269 e. The van der Waals surface area contributed by atoms with Crippen LogP contribution >= 0.6 is 22.6 Å². The topological polar surface area (TPSA) is 76.6 Å². The van der Waals surface area contributed by atoms with Crippen molar-refractivity contribution < 1.29 is 4.92 Å². The van der Waals surface area contributed by atoms with Crippen molar-refractivity contribution >= 4 is 39.7 Å². The van der Waals surface area contributed by atoms with Crippen LogP contribution in [-0.2, 0) is 6.54 Å². The van der Waals surface area contributed by atoms with Crippen LogP contribution in [-0.4, -0.2) is 20.4 Å². The van der Waals surface area contributed by atoms with E-state index in [0.29, 0.717) is 0 Å². The number of aryl methyl sites for hydroxylation is 2. The third-order valence-corrected chi connectivity index (χ3v) is 5.80. The molecule has 0 amide bonds. The third kappa shape index (κ3) is 3.89. The van der Waals surface area contributed by atoms with Gasteiger partial charge in [0.1, 0.15) is 0 Å². The number of nitrogens with zero attached hydrogens (tertiary/aromatic N) is 5. The van der Waals surface area contributed by atoms with Crippen molar-refractivity contribution in [1.82, 2.24) is 9.78 Å². The van der Waals surface area contributed by atoms with Gasteiger partial charge < -0.3 is 0 Å². The molecule has 1 atom stereocenters. The molecule has 3 aromatic rings. The van der Waals surface area contributed by atoms with Gasteiger partial charge in [0.25, 0.3) is 5.69 Å². The molecule has 0 saturated carbocycles. The number of rotatable bonds is 5. The molecule has 0 unspecified atom stereocenters. The van der Waals surface area contributed by atoms with E-state index >= 15 is 0 Å². The molecule has 8 heteroatoms. The SMILES string of the molecule is CCn1cc([C@@H]2CC(c3ccc(I)cc3)=NN2c2ccc([N+](=O)[O-])cc2)c(C)n1. The largest absolute Gasteiger partial charge is 0.272 e. The molecule has 0 fully saturated rings. The fourth-order valence-corrected chi connectivity index (χ4v) is 3.92. The minimum Gasteiger partial charge on any atom is -0.272 e. The monoisotopic (exact) mass is 501 g/mol. The van der Waals surface area contributed by atoms with Gasteiger partial charge in [-0.15, -0.1) is 0 Å². The standard InChI is InChI=1S/C21H20IN5O2/c1-3-25-13-19(14(2)23-25)21-12-20(15-4-6-16(22)7-5-15)24-26(21)17-8-10-18(11-9-17)27(28)29/h4-11,13,21H,3,12H2,1-2H3/t21-/m0/s1. The van der Waals surface area contributed by atoms with Crippen LogP contribution in [0, 0.1) is 20.6 Å². The van der Waals surface area contributed by atoms with E-state index in [1.807, 2.05) is 16.6 Å². The lowest BCUT2D eigenvalue weighted by Gasteiger charge is -2.23. The van der Waals surface area contributed by atoms with Crippen molar-refractivity contribution in [2.24, 2.45) is 5.10 Å². The highest BCUT2D eigenvalue weighted by Gasteiger charge is 2.32. The number of non-ortho nitro benzene ring substituents is 1. The number of hydrogen-bond acceptors (Lipinski definition) is 5. The second-order valence-corrected chi connectivity index (χ2v) is 8.16. The number of nitro groups is 1. The van der Waals surface area contributed by atoms with Crippen molar-refractivity contribution in [2.75, 3.05) is 5.01 Å². The molecule has 0 bridgehead atoms. The van der Waals surface area contributed by atoms with Gasteiger partial charge in [-0.05, 0) is 66.3 Å². The molecule has 0 N–H and O–H groups in total. The first-order valence-electron chi connectivity index (χ1n) is 9.37. The Morgan fingerprint density at radius 2 is 1.86 bits per heavy atom. The number of aromatic nitrogens is 2. The molecule has 0 aliphatic carbocycles. The Bertz CT molecular complexity index is 1070. The zero-order valence-electron chi connectivity index (χ0n) is 16.1. The van der Waals surface area contributed by atoms with Crippen LogP contribution in [0.1, 0.15) is 36.2 Å². The molecule has 2 aromatic carbocycles. The molecule has 148 valence electrons. The van der Waals surface area contributed by atoms with Crippen LogP contribution in [0.5, 0.6) is 0 Å². The average Bonchev–Trinajstić information content (AvgIpc) is 3.32. The van der Waals surface area contributed by atoms with Gasteiger partial charge in [-0.3, -0.25) is 19.8 Å². The van der Waals surface area contributed by atoms with Gasteiger partial charge in [-0.25, -0.2) is 0 Å². The van der Waals surface area contributed by atoms with E-state index in [1.165, 1.54) is 15.7 Å². The lowest BCUT2D eigenvalue weighted by atomic mass is 9.99. The first kappa shape index (κ1) is 19.6. The van der Waals surface area contributed by atoms with E-state index in [4.69, 9.17) is 5.10 Å². The van der Waals surface area contributed by atoms with Crippen molar-refractivity contribution in [2.45, 2.75) is 32.9 Å². The Morgan fingerprint density at radius 3 is 2.45 bits per heavy atom. The summed E-state index contributed by atoms with van der Waals surface area (Å²) in [5, 5.41) is 22.5. The predicted octanol–water partition coefficient (Wildman–Crippen LogP) is 5.08. The zero-order valence-corrected chi connectivity index (χ0v) is 18.3. The van der Waals surface area contributed by atoms with Gasteiger partial charge in [0, 0.05) is 40.4 Å². The quantitative estimate of drug-likeness (QED) is 0.278. The fourth-order valence-electron chi connectivity index (χ4n) is 3.56. The summed E-state index contributed by atoms with van der Waals surface area (Å²) in [6, 6.07) is 14.9. The van der Waals surface area contributed by atoms with E-state index in [2.05, 4.69) is 65.1 Å². The van der Waals surface area contributed by atoms with E-state index < -0.39 is 0 Å². The number of hydrogen-bond donors (Lipinski definition) is 0. The minimum absolute atomic E-state index is 0.00830. The Kier molecular flexibility index (Phi) is 5.35. The Balaban J connectivity index is 1.75. The molecule has 0 saturated heterocycles. The number of hydrazone groups is 1. The number of benzene rings is 2. The molecular weight excluding hydrogens is 481 g/mol. The Morgan fingerprint density at radius 1 is 1.17 bits per heavy atom. The second kappa shape index (κ2) is 7.94. The van der Waals surface area contributed by atoms with E-state index in [1.54, 1.807) is 12.1 Å². The van der Waals surface area contributed by atoms with Gasteiger partial charge in [0.2, 0.25) is 0 Å². The van der Waals surface area contributed by atoms with Crippen LogP contribution in [0.4, 0.5) is 11.4 Å². The maximum Gasteiger partial charge on any atom is 0.269 e. The number of anilines is 1. The first-order valence-corrected chi connectivity index (χ1v) is 10.4. The van der Waals surface area contributed by atoms with Gasteiger partial charge in [-0.1, -0.05) is 12.1 Å². The summed E-state index contributed by atoms with van der Waals surface area (Å²) in [5.74, 6) is 0. The number of nitro benzene ring substituents is 1. The third-order valence-electron chi connectivity index (χ3n) is 5.08. The maximum atomic E-state index is 11.0. The molecule has 1 aliphatic heterocycles. The van der Waals surface area contributed by atoms with Crippen LogP contribution in [0.25, 0.3) is 0 Å². The van der Waals surface area contributed by atoms with Gasteiger partial charge in [-0.2, -0.15) is 10.2 Å². The summed E-state index contributed by atoms with van der Waals surface area (Å²) in [5.41, 5.74) is 5.07. The minimum atomic E-state index is -0.388. The summed E-state index contributed by atoms with van der Waals surface area (Å²) in [7, 11) is 0. The maximum absolute atomic E-state index is 11.0. The highest BCUT2D eigenvalue weighted by Crippen LogP contribution is 2.38. The molecule has 1 aliphatic rings. The number of halogens is 1. The predicted molar refractivity (Wildman–Crippen MR) is 121 cm³/mol. The molecule has 2 heterocycles. The first-order chi connectivity index (χ1) is 14.0. The summed E-state index contributed by atoms with van der Waals surface area (Å²) in [6.07, 6.45) is 2.82. The van der Waals surface area contributed by atoms with Crippen molar-refractivity contribution in [3.8, 4) is 0 Å². The van der Waals surface area contributed by atoms with Crippen molar-refractivity contribution in [3.05, 3.63) is 85.2 Å². The summed E-state index contributed by atoms with van der Waals surface area (Å²) >= 11 is 2.29. The summed E-state index contributed by atoms with van der Waals surface area (Å²) in [6.45, 7) is 4.88. The highest BCUT2D eigenvalue weighted by molar-refractivity contribution is 14.1. The van der Waals surface area contributed by atoms with Crippen LogP contribution < -0.4 is 5.01 Å². The summed E-state index contributed by atoms with van der Waals surface area (Å²) < 4.78 is 3.11. The fraction of sp³-hybridized carbons (Fsp3) is 0.238. The van der Waals surface area contributed by atoms with E-state index in [-0.39, 0.29) is 16.7 Å². The lowest BCUT2D eigenvalue weighted by Crippen LogP contribution is -2.18. The highest BCUT2D eigenvalue weighted by atomic mass is 127. The van der Waals surface area contributed by atoms with Crippen molar-refractivity contribution in [1.29, 1.82) is 0 Å². The summed E-state index contributed by atoms with van der Waals surface area (Å²) in [4.78, 5) is 10.6. The molecule has 0 radical (unpaired) electrons. The van der Waals surface area contributed by atoms with Crippen LogP contribution in [0.3, 0.4) is 0 Å². The van der Waals surface area contributed by atoms with E-state index in [0.717, 1.165) is 41.2 Å². The molecule has 7 nitrogen and oxygen atoms in total. The Hall–Kier alpha value is -2.75. The molecule has 1 aromatic heterocycles. The zero-order chi connectivity index (χ0) is 20.5. The van der Waals surface area contributed by atoms with Gasteiger partial charge >= 0.3 is 0 Å².